The first-order valence-corrected chi connectivity index (χ1v) is 12.1. The Morgan fingerprint density at radius 2 is 1.94 bits per heavy atom. The number of carbonyl (C=O) groups excluding carboxylic acids is 1. The van der Waals surface area contributed by atoms with Crippen LogP contribution in [0.2, 0.25) is 0 Å². The molecule has 3 N–H and O–H groups in total. The van der Waals surface area contributed by atoms with Crippen molar-refractivity contribution in [1.29, 1.82) is 0 Å². The van der Waals surface area contributed by atoms with Crippen molar-refractivity contribution in [2.75, 3.05) is 26.2 Å². The van der Waals surface area contributed by atoms with Crippen LogP contribution in [0.4, 0.5) is 0 Å². The molecule has 1 fully saturated rings. The maximum Gasteiger partial charge on any atom is 0.224 e. The molecule has 3 rings (SSSR count). The number of rotatable bonds is 13. The molecule has 5 nitrogen and oxygen atoms in total. The van der Waals surface area contributed by atoms with Crippen molar-refractivity contribution in [3.63, 3.8) is 0 Å². The Labute approximate surface area is 193 Å². The first-order chi connectivity index (χ1) is 15.6. The van der Waals surface area contributed by atoms with Gasteiger partial charge in [0.15, 0.2) is 0 Å². The lowest BCUT2D eigenvalue weighted by atomic mass is 10.0. The van der Waals surface area contributed by atoms with Crippen LogP contribution in [0.5, 0.6) is 5.75 Å². The number of nitrogens with one attached hydrogen (secondary N) is 3. The van der Waals surface area contributed by atoms with E-state index in [9.17, 15) is 4.79 Å². The maximum atomic E-state index is 12.7. The molecule has 32 heavy (non-hydrogen) atoms. The van der Waals surface area contributed by atoms with Gasteiger partial charge in [-0.15, -0.1) is 0 Å². The Kier molecular flexibility index (Phi) is 10.0. The second-order valence-corrected chi connectivity index (χ2v) is 9.01. The third-order valence-electron chi connectivity index (χ3n) is 6.04. The molecule has 2 aromatic rings. The average Bonchev–Trinajstić information content (AvgIpc) is 3.32. The minimum Gasteiger partial charge on any atom is -0.493 e. The second kappa shape index (κ2) is 13.2. The van der Waals surface area contributed by atoms with Gasteiger partial charge < -0.3 is 20.7 Å². The van der Waals surface area contributed by atoms with Crippen molar-refractivity contribution >= 4 is 5.91 Å². The zero-order valence-electron chi connectivity index (χ0n) is 19.6. The Balaban J connectivity index is 1.59. The van der Waals surface area contributed by atoms with Gasteiger partial charge in [0.25, 0.3) is 0 Å². The molecule has 5 heteroatoms. The Hall–Kier alpha value is -2.37. The van der Waals surface area contributed by atoms with Crippen LogP contribution in [-0.4, -0.2) is 38.2 Å². The zero-order chi connectivity index (χ0) is 22.6. The fourth-order valence-electron chi connectivity index (χ4n) is 4.22. The van der Waals surface area contributed by atoms with E-state index in [2.05, 4.69) is 41.9 Å². The molecule has 0 saturated carbocycles. The molecule has 0 radical (unpaired) electrons. The zero-order valence-corrected chi connectivity index (χ0v) is 19.6. The molecular formula is C27H39N3O2. The highest BCUT2D eigenvalue weighted by molar-refractivity contribution is 5.79. The molecule has 0 aromatic heterocycles. The van der Waals surface area contributed by atoms with Crippen LogP contribution in [0.1, 0.15) is 56.7 Å². The van der Waals surface area contributed by atoms with Crippen molar-refractivity contribution in [2.24, 2.45) is 5.92 Å². The molecule has 1 aliphatic rings. The first kappa shape index (κ1) is 24.3. The minimum atomic E-state index is -0.0827. The average molecular weight is 438 g/mol. The van der Waals surface area contributed by atoms with E-state index in [1.165, 1.54) is 25.7 Å². The van der Waals surface area contributed by atoms with Crippen molar-refractivity contribution in [3.8, 4) is 5.75 Å². The van der Waals surface area contributed by atoms with Crippen molar-refractivity contribution in [1.82, 2.24) is 16.0 Å². The fraction of sp³-hybridized carbons (Fsp3) is 0.519. The van der Waals surface area contributed by atoms with E-state index in [1.807, 2.05) is 42.5 Å². The maximum absolute atomic E-state index is 12.7. The molecule has 2 aromatic carbocycles. The predicted molar refractivity (Wildman–Crippen MR) is 131 cm³/mol. The molecule has 1 amide bonds. The number of benzene rings is 2. The summed E-state index contributed by atoms with van der Waals surface area (Å²) in [6.45, 7) is 7.88. The molecule has 0 spiro atoms. The monoisotopic (exact) mass is 437 g/mol. The van der Waals surface area contributed by atoms with Gasteiger partial charge in [0.1, 0.15) is 5.75 Å². The Morgan fingerprint density at radius 3 is 2.62 bits per heavy atom. The topological polar surface area (TPSA) is 62.4 Å². The fourth-order valence-corrected chi connectivity index (χ4v) is 4.22. The van der Waals surface area contributed by atoms with Gasteiger partial charge in [-0.2, -0.15) is 0 Å². The van der Waals surface area contributed by atoms with Crippen LogP contribution in [0.25, 0.3) is 0 Å². The van der Waals surface area contributed by atoms with Crippen LogP contribution in [0.15, 0.2) is 54.6 Å². The predicted octanol–water partition coefficient (Wildman–Crippen LogP) is 4.24. The van der Waals surface area contributed by atoms with E-state index in [4.69, 9.17) is 4.74 Å². The molecule has 174 valence electrons. The highest BCUT2D eigenvalue weighted by Crippen LogP contribution is 2.19. The first-order valence-electron chi connectivity index (χ1n) is 12.1. The summed E-state index contributed by atoms with van der Waals surface area (Å²) in [6, 6.07) is 18.5. The number of amides is 1. The van der Waals surface area contributed by atoms with E-state index in [0.29, 0.717) is 24.9 Å². The second-order valence-electron chi connectivity index (χ2n) is 9.01. The van der Waals surface area contributed by atoms with E-state index < -0.39 is 0 Å². The smallest absolute Gasteiger partial charge is 0.224 e. The van der Waals surface area contributed by atoms with Crippen LogP contribution < -0.4 is 20.7 Å². The third kappa shape index (κ3) is 8.29. The third-order valence-corrected chi connectivity index (χ3v) is 6.04. The summed E-state index contributed by atoms with van der Waals surface area (Å²) < 4.78 is 5.95. The number of hydrogen-bond acceptors (Lipinski definition) is 4. The van der Waals surface area contributed by atoms with Crippen molar-refractivity contribution < 1.29 is 9.53 Å². The van der Waals surface area contributed by atoms with Gasteiger partial charge in [-0.05, 0) is 55.0 Å². The number of carbonyl (C=O) groups is 1. The molecule has 0 bridgehead atoms. The van der Waals surface area contributed by atoms with Gasteiger partial charge in [-0.25, -0.2) is 0 Å². The summed E-state index contributed by atoms with van der Waals surface area (Å²) in [5, 5.41) is 10.3. The lowest BCUT2D eigenvalue weighted by molar-refractivity contribution is -0.121. The van der Waals surface area contributed by atoms with E-state index >= 15 is 0 Å². The SMILES string of the molecule is CCCC(C)COc1ccc(C(CNC[C@@H]2CCCN2)NC(=O)Cc2ccccc2)cc1. The minimum absolute atomic E-state index is 0.0377. The van der Waals surface area contributed by atoms with Gasteiger partial charge in [0.05, 0.1) is 19.1 Å². The van der Waals surface area contributed by atoms with Crippen LogP contribution in [-0.2, 0) is 11.2 Å². The van der Waals surface area contributed by atoms with Crippen LogP contribution in [0, 0.1) is 5.92 Å². The summed E-state index contributed by atoms with van der Waals surface area (Å²) >= 11 is 0. The highest BCUT2D eigenvalue weighted by atomic mass is 16.5. The quantitative estimate of drug-likeness (QED) is 0.439. The molecule has 1 heterocycles. The van der Waals surface area contributed by atoms with Crippen LogP contribution >= 0.6 is 0 Å². The normalized spacial score (nSPS) is 17.6. The van der Waals surface area contributed by atoms with E-state index in [1.54, 1.807) is 0 Å². The van der Waals surface area contributed by atoms with Gasteiger partial charge in [-0.1, -0.05) is 62.7 Å². The number of hydrogen-bond donors (Lipinski definition) is 3. The van der Waals surface area contributed by atoms with Gasteiger partial charge >= 0.3 is 0 Å². The summed E-state index contributed by atoms with van der Waals surface area (Å²) in [6.07, 6.45) is 5.19. The highest BCUT2D eigenvalue weighted by Gasteiger charge is 2.18. The summed E-state index contributed by atoms with van der Waals surface area (Å²) in [5.74, 6) is 1.47. The Bertz CT molecular complexity index is 788. The van der Waals surface area contributed by atoms with Gasteiger partial charge in [0.2, 0.25) is 5.91 Å². The van der Waals surface area contributed by atoms with Crippen LogP contribution in [0.3, 0.4) is 0 Å². The lowest BCUT2D eigenvalue weighted by Crippen LogP contribution is -2.40. The standard InChI is InChI=1S/C27H39N3O2/c1-3-8-21(2)20-32-25-14-12-23(13-15-25)26(19-28-18-24-11-7-16-29-24)30-27(31)17-22-9-5-4-6-10-22/h4-6,9-10,12-15,21,24,26,28-29H,3,7-8,11,16-20H2,1-2H3,(H,30,31)/t21?,24-,26?/m0/s1. The molecular weight excluding hydrogens is 398 g/mol. The van der Waals surface area contributed by atoms with Crippen molar-refractivity contribution in [2.45, 2.75) is 58.0 Å². The molecule has 2 unspecified atom stereocenters. The molecule has 1 aliphatic heterocycles. The van der Waals surface area contributed by atoms with E-state index in [-0.39, 0.29) is 11.9 Å². The lowest BCUT2D eigenvalue weighted by Gasteiger charge is -2.22. The van der Waals surface area contributed by atoms with Gasteiger partial charge in [-0.3, -0.25) is 4.79 Å². The molecule has 0 aliphatic carbocycles. The van der Waals surface area contributed by atoms with E-state index in [0.717, 1.165) is 36.6 Å². The van der Waals surface area contributed by atoms with Gasteiger partial charge in [0, 0.05) is 19.1 Å². The summed E-state index contributed by atoms with van der Waals surface area (Å²) in [7, 11) is 0. The summed E-state index contributed by atoms with van der Waals surface area (Å²) in [5.41, 5.74) is 2.11. The Morgan fingerprint density at radius 1 is 1.16 bits per heavy atom. The summed E-state index contributed by atoms with van der Waals surface area (Å²) in [4.78, 5) is 12.7. The van der Waals surface area contributed by atoms with Crippen molar-refractivity contribution in [3.05, 3.63) is 65.7 Å². The number of ether oxygens (including phenoxy) is 1. The molecule has 3 atom stereocenters. The molecule has 1 saturated heterocycles. The largest absolute Gasteiger partial charge is 0.493 e.